The lowest BCUT2D eigenvalue weighted by Gasteiger charge is -2.31. The molecular formula is C36H24Cl2FN3OS. The average Bonchev–Trinajstić information content (AvgIpc) is 3.53. The highest BCUT2D eigenvalue weighted by atomic mass is 35.5. The van der Waals surface area contributed by atoms with Crippen molar-refractivity contribution in [2.75, 3.05) is 0 Å². The molecule has 0 saturated carbocycles. The summed E-state index contributed by atoms with van der Waals surface area (Å²) in [6, 6.07) is 28.2. The lowest BCUT2D eigenvalue weighted by atomic mass is 9.83. The summed E-state index contributed by atoms with van der Waals surface area (Å²) in [7, 11) is 0. The number of thiazole rings is 1. The molecule has 2 aliphatic rings. The fourth-order valence-corrected chi connectivity index (χ4v) is 8.00. The second kappa shape index (κ2) is 10.7. The van der Waals surface area contributed by atoms with Crippen molar-refractivity contribution in [1.29, 1.82) is 0 Å². The molecular weight excluding hydrogens is 612 g/mol. The molecule has 6 aromatic rings. The van der Waals surface area contributed by atoms with Crippen molar-refractivity contribution in [3.05, 3.63) is 166 Å². The zero-order valence-electron chi connectivity index (χ0n) is 23.3. The van der Waals surface area contributed by atoms with Gasteiger partial charge in [0, 0.05) is 43.8 Å². The number of rotatable bonds is 4. The van der Waals surface area contributed by atoms with Crippen molar-refractivity contribution in [2.45, 2.75) is 25.4 Å². The van der Waals surface area contributed by atoms with Crippen LogP contribution < -0.4 is 14.9 Å². The fourth-order valence-electron chi connectivity index (χ4n) is 6.49. The van der Waals surface area contributed by atoms with Crippen LogP contribution in [-0.2, 0) is 13.0 Å². The Kier molecular flexibility index (Phi) is 6.67. The number of halogens is 3. The highest BCUT2D eigenvalue weighted by Gasteiger charge is 2.33. The molecule has 8 heteroatoms. The van der Waals surface area contributed by atoms with Crippen LogP contribution in [0.5, 0.6) is 0 Å². The van der Waals surface area contributed by atoms with Crippen LogP contribution in [0, 0.1) is 5.82 Å². The summed E-state index contributed by atoms with van der Waals surface area (Å²) >= 11 is 14.5. The van der Waals surface area contributed by atoms with Crippen LogP contribution in [0.25, 0.3) is 22.7 Å². The molecule has 0 saturated heterocycles. The third kappa shape index (κ3) is 4.48. The largest absolute Gasteiger partial charge is 0.342 e. The third-order valence-corrected chi connectivity index (χ3v) is 10.1. The predicted molar refractivity (Wildman–Crippen MR) is 177 cm³/mol. The Hall–Kier alpha value is -4.23. The smallest absolute Gasteiger partial charge is 0.271 e. The molecule has 0 amide bonds. The quantitative estimate of drug-likeness (QED) is 0.195. The van der Waals surface area contributed by atoms with Crippen molar-refractivity contribution in [3.63, 3.8) is 0 Å². The SMILES string of the molecule is O=c1/c(=C\c2cn(Cc3ccccc3F)c3ccccc23)sc2n1C(c1ccc(Cl)cc1Cl)C1=C(N=2)c2ccccc2CC1. The first-order valence-corrected chi connectivity index (χ1v) is 15.9. The first kappa shape index (κ1) is 27.3. The van der Waals surface area contributed by atoms with Crippen LogP contribution in [0.3, 0.4) is 0 Å². The molecule has 0 spiro atoms. The van der Waals surface area contributed by atoms with Crippen LogP contribution in [0.4, 0.5) is 4.39 Å². The van der Waals surface area contributed by atoms with Gasteiger partial charge in [0.2, 0.25) is 0 Å². The van der Waals surface area contributed by atoms with Gasteiger partial charge in [-0.2, -0.15) is 0 Å². The summed E-state index contributed by atoms with van der Waals surface area (Å²) < 4.78 is 19.0. The van der Waals surface area contributed by atoms with Gasteiger partial charge in [-0.25, -0.2) is 9.38 Å². The number of allylic oxidation sites excluding steroid dienone is 1. The number of nitrogens with zero attached hydrogens (tertiary/aromatic N) is 3. The first-order chi connectivity index (χ1) is 21.5. The number of aryl methyl sites for hydroxylation is 1. The maximum Gasteiger partial charge on any atom is 0.271 e. The van der Waals surface area contributed by atoms with Crippen molar-refractivity contribution in [3.8, 4) is 0 Å². The highest BCUT2D eigenvalue weighted by Crippen LogP contribution is 2.43. The maximum atomic E-state index is 14.6. The molecule has 1 unspecified atom stereocenters. The molecule has 4 nitrogen and oxygen atoms in total. The molecule has 1 aliphatic carbocycles. The minimum absolute atomic E-state index is 0.124. The minimum Gasteiger partial charge on any atom is -0.342 e. The second-order valence-corrected chi connectivity index (χ2v) is 13.0. The molecule has 8 rings (SSSR count). The molecule has 3 heterocycles. The standard InChI is InChI=1S/C36H24Cl2FN3OS/c37-24-14-16-27(29(38)18-24)34-28-15-13-21-7-1-3-10-26(21)33(28)40-36-42(34)35(43)32(44-36)17-23-20-41(31-12-6-4-9-25(23)31)19-22-8-2-5-11-30(22)39/h1-12,14,16-18,20,34H,13,15,19H2/b32-17+. The van der Waals surface area contributed by atoms with E-state index in [0.717, 1.165) is 51.7 Å². The van der Waals surface area contributed by atoms with E-state index in [2.05, 4.69) is 18.2 Å². The lowest BCUT2D eigenvalue weighted by Crippen LogP contribution is -2.38. The Bertz CT molecular complexity index is 2350. The van der Waals surface area contributed by atoms with Crippen LogP contribution in [0.2, 0.25) is 10.0 Å². The van der Waals surface area contributed by atoms with Gasteiger partial charge in [0.1, 0.15) is 5.82 Å². The zero-order valence-corrected chi connectivity index (χ0v) is 25.6. The van der Waals surface area contributed by atoms with Gasteiger partial charge in [0.05, 0.1) is 22.8 Å². The number of hydrogen-bond acceptors (Lipinski definition) is 3. The van der Waals surface area contributed by atoms with E-state index in [1.165, 1.54) is 23.0 Å². The summed E-state index contributed by atoms with van der Waals surface area (Å²) in [6.07, 6.45) is 5.55. The van der Waals surface area contributed by atoms with Gasteiger partial charge in [0.15, 0.2) is 4.80 Å². The summed E-state index contributed by atoms with van der Waals surface area (Å²) in [4.78, 5) is 20.1. The first-order valence-electron chi connectivity index (χ1n) is 14.4. The number of hydrogen-bond donors (Lipinski definition) is 0. The van der Waals surface area contributed by atoms with Crippen molar-refractivity contribution in [1.82, 2.24) is 9.13 Å². The Morgan fingerprint density at radius 2 is 1.75 bits per heavy atom. The van der Waals surface area contributed by atoms with Crippen LogP contribution in [-0.4, -0.2) is 9.13 Å². The van der Waals surface area contributed by atoms with Gasteiger partial charge in [0.25, 0.3) is 5.56 Å². The van der Waals surface area contributed by atoms with E-state index in [1.807, 2.05) is 65.4 Å². The van der Waals surface area contributed by atoms with E-state index in [1.54, 1.807) is 22.8 Å². The van der Waals surface area contributed by atoms with E-state index < -0.39 is 6.04 Å². The lowest BCUT2D eigenvalue weighted by molar-refractivity contribution is 0.585. The summed E-state index contributed by atoms with van der Waals surface area (Å²) in [5.74, 6) is -0.244. The fraction of sp³-hybridized carbons (Fsp3) is 0.111. The van der Waals surface area contributed by atoms with Gasteiger partial charge in [-0.05, 0) is 59.9 Å². The van der Waals surface area contributed by atoms with Gasteiger partial charge in [-0.15, -0.1) is 0 Å². The Morgan fingerprint density at radius 1 is 0.955 bits per heavy atom. The molecule has 2 aromatic heterocycles. The summed E-state index contributed by atoms with van der Waals surface area (Å²) in [5, 5.41) is 2.04. The zero-order chi connectivity index (χ0) is 29.9. The third-order valence-electron chi connectivity index (χ3n) is 8.53. The van der Waals surface area contributed by atoms with Crippen molar-refractivity contribution < 1.29 is 4.39 Å². The van der Waals surface area contributed by atoms with Gasteiger partial charge < -0.3 is 4.57 Å². The monoisotopic (exact) mass is 635 g/mol. The van der Waals surface area contributed by atoms with Crippen molar-refractivity contribution in [2.24, 2.45) is 4.99 Å². The van der Waals surface area contributed by atoms with Gasteiger partial charge >= 0.3 is 0 Å². The van der Waals surface area contributed by atoms with E-state index >= 15 is 0 Å². The number of fused-ring (bicyclic) bond motifs is 4. The molecule has 216 valence electrons. The molecule has 44 heavy (non-hydrogen) atoms. The number of para-hydroxylation sites is 1. The molecule has 1 aliphatic heterocycles. The average molecular weight is 637 g/mol. The second-order valence-electron chi connectivity index (χ2n) is 11.1. The van der Waals surface area contributed by atoms with E-state index in [9.17, 15) is 9.18 Å². The predicted octanol–water partition coefficient (Wildman–Crippen LogP) is 7.77. The Labute approximate surface area is 266 Å². The van der Waals surface area contributed by atoms with E-state index in [-0.39, 0.29) is 11.4 Å². The molecule has 0 bridgehead atoms. The Morgan fingerprint density at radius 3 is 2.61 bits per heavy atom. The number of benzene rings is 4. The van der Waals surface area contributed by atoms with E-state index in [4.69, 9.17) is 28.2 Å². The molecule has 1 atom stereocenters. The number of aromatic nitrogens is 2. The Balaban J connectivity index is 1.34. The maximum absolute atomic E-state index is 14.6. The summed E-state index contributed by atoms with van der Waals surface area (Å²) in [5.41, 5.74) is 7.49. The molecule has 0 N–H and O–H groups in total. The van der Waals surface area contributed by atoms with Crippen LogP contribution >= 0.6 is 34.5 Å². The summed E-state index contributed by atoms with van der Waals surface area (Å²) in [6.45, 7) is 0.378. The van der Waals surface area contributed by atoms with Crippen LogP contribution in [0.1, 0.15) is 40.3 Å². The van der Waals surface area contributed by atoms with E-state index in [0.29, 0.717) is 31.5 Å². The topological polar surface area (TPSA) is 39.3 Å². The highest BCUT2D eigenvalue weighted by molar-refractivity contribution is 7.07. The molecule has 4 aromatic carbocycles. The molecule has 0 fully saturated rings. The van der Waals surface area contributed by atoms with Crippen molar-refractivity contribution >= 4 is 57.2 Å². The van der Waals surface area contributed by atoms with Gasteiger partial charge in [-0.3, -0.25) is 9.36 Å². The normalized spacial score (nSPS) is 16.1. The van der Waals surface area contributed by atoms with Gasteiger partial charge in [-0.1, -0.05) is 101 Å². The minimum atomic E-state index is -0.399. The molecule has 0 radical (unpaired) electrons. The van der Waals surface area contributed by atoms with Crippen LogP contribution in [0.15, 0.2) is 113 Å².